The summed E-state index contributed by atoms with van der Waals surface area (Å²) in [4.78, 5) is 4.18. The van der Waals surface area contributed by atoms with Crippen molar-refractivity contribution >= 4 is 17.4 Å². The van der Waals surface area contributed by atoms with E-state index in [0.29, 0.717) is 0 Å². The molecule has 2 heterocycles. The maximum atomic E-state index is 3.89. The first-order valence-electron chi connectivity index (χ1n) is 10.1. The van der Waals surface area contributed by atoms with Gasteiger partial charge in [0.25, 0.3) is 0 Å². The minimum absolute atomic E-state index is 0.0721. The molecule has 26 heavy (non-hydrogen) atoms. The van der Waals surface area contributed by atoms with Crippen molar-refractivity contribution in [2.45, 2.75) is 45.1 Å². The predicted molar refractivity (Wildman–Crippen MR) is 115 cm³/mol. The highest BCUT2D eigenvalue weighted by Gasteiger charge is 2.58. The van der Waals surface area contributed by atoms with Crippen LogP contribution in [-0.4, -0.2) is 24.4 Å². The predicted octanol–water partition coefficient (Wildman–Crippen LogP) is 5.51. The van der Waals surface area contributed by atoms with Gasteiger partial charge in [0.1, 0.15) is 0 Å². The van der Waals surface area contributed by atoms with Gasteiger partial charge < -0.3 is 10.2 Å². The fraction of sp³-hybridized carbons (Fsp3) is 0.478. The van der Waals surface area contributed by atoms with E-state index in [1.807, 2.05) is 0 Å². The van der Waals surface area contributed by atoms with Gasteiger partial charge in [0.15, 0.2) is 0 Å². The second-order valence-corrected chi connectivity index (χ2v) is 8.82. The summed E-state index contributed by atoms with van der Waals surface area (Å²) < 4.78 is 0. The molecule has 1 spiro atoms. The van der Waals surface area contributed by atoms with Gasteiger partial charge in [-0.25, -0.2) is 0 Å². The fourth-order valence-electron chi connectivity index (χ4n) is 5.02. The van der Waals surface area contributed by atoms with E-state index in [9.17, 15) is 0 Å². The lowest BCUT2D eigenvalue weighted by Crippen LogP contribution is -2.58. The second-order valence-electron chi connectivity index (χ2n) is 7.68. The van der Waals surface area contributed by atoms with E-state index < -0.39 is 0 Å². The smallest absolute Gasteiger partial charge is 0.0679 e. The van der Waals surface area contributed by atoms with Gasteiger partial charge in [0.2, 0.25) is 0 Å². The minimum Gasteiger partial charge on any atom is -0.384 e. The van der Waals surface area contributed by atoms with Crippen LogP contribution in [0.15, 0.2) is 65.2 Å². The van der Waals surface area contributed by atoms with Crippen LogP contribution >= 0.6 is 11.8 Å². The van der Waals surface area contributed by atoms with Gasteiger partial charge in [-0.15, -0.1) is 11.8 Å². The molecule has 2 unspecified atom stereocenters. The average molecular weight is 367 g/mol. The summed E-state index contributed by atoms with van der Waals surface area (Å²) in [6.45, 7) is 6.84. The molecule has 138 valence electrons. The van der Waals surface area contributed by atoms with E-state index in [1.165, 1.54) is 30.5 Å². The topological polar surface area (TPSA) is 15.3 Å². The van der Waals surface area contributed by atoms with Gasteiger partial charge in [0, 0.05) is 30.7 Å². The molecule has 0 aromatic heterocycles. The molecule has 1 fully saturated rings. The number of hydrogen-bond acceptors (Lipinski definition) is 3. The Bertz CT molecular complexity index is 736. The number of rotatable bonds is 5. The Kier molecular flexibility index (Phi) is 4.92. The lowest BCUT2D eigenvalue weighted by atomic mass is 9.62. The van der Waals surface area contributed by atoms with Crippen LogP contribution in [-0.2, 0) is 0 Å². The molecule has 2 nitrogen and oxygen atoms in total. The van der Waals surface area contributed by atoms with Gasteiger partial charge in [-0.3, -0.25) is 0 Å². The van der Waals surface area contributed by atoms with Crippen LogP contribution in [0, 0.1) is 5.41 Å². The van der Waals surface area contributed by atoms with Crippen LogP contribution in [0.2, 0.25) is 0 Å². The number of para-hydroxylation sites is 1. The first-order valence-corrected chi connectivity index (χ1v) is 11.0. The normalized spacial score (nSPS) is 30.0. The zero-order chi connectivity index (χ0) is 18.0. The molecule has 1 aromatic rings. The Morgan fingerprint density at radius 1 is 1.19 bits per heavy atom. The molecule has 1 aliphatic carbocycles. The Morgan fingerprint density at radius 3 is 2.81 bits per heavy atom. The van der Waals surface area contributed by atoms with Crippen LogP contribution in [0.3, 0.4) is 0 Å². The van der Waals surface area contributed by atoms with Crippen molar-refractivity contribution in [2.75, 3.05) is 23.7 Å². The van der Waals surface area contributed by atoms with Crippen LogP contribution in [0.5, 0.6) is 0 Å². The van der Waals surface area contributed by atoms with Crippen molar-refractivity contribution in [3.8, 4) is 0 Å². The van der Waals surface area contributed by atoms with Gasteiger partial charge in [-0.2, -0.15) is 0 Å². The third-order valence-electron chi connectivity index (χ3n) is 6.49. The highest BCUT2D eigenvalue weighted by Crippen LogP contribution is 2.58. The van der Waals surface area contributed by atoms with Crippen molar-refractivity contribution < 1.29 is 0 Å². The lowest BCUT2D eigenvalue weighted by Gasteiger charge is -2.50. The minimum atomic E-state index is 0.0721. The van der Waals surface area contributed by atoms with Crippen molar-refractivity contribution in [2.24, 2.45) is 5.41 Å². The SMILES string of the molecule is CCCCC1(CC)NC=C2C=CC=C3SCCN(c4ccccc4)CC231. The highest BCUT2D eigenvalue weighted by molar-refractivity contribution is 8.03. The summed E-state index contributed by atoms with van der Waals surface area (Å²) >= 11 is 2.07. The Balaban J connectivity index is 1.80. The fourth-order valence-corrected chi connectivity index (χ4v) is 6.35. The summed E-state index contributed by atoms with van der Waals surface area (Å²) in [7, 11) is 0. The van der Waals surface area contributed by atoms with Gasteiger partial charge >= 0.3 is 0 Å². The van der Waals surface area contributed by atoms with Crippen molar-refractivity contribution in [3.05, 3.63) is 65.2 Å². The van der Waals surface area contributed by atoms with Crippen molar-refractivity contribution in [1.29, 1.82) is 0 Å². The van der Waals surface area contributed by atoms with E-state index in [4.69, 9.17) is 0 Å². The molecule has 0 bridgehead atoms. The quantitative estimate of drug-likeness (QED) is 0.740. The molecule has 3 aliphatic rings. The van der Waals surface area contributed by atoms with Crippen LogP contribution in [0.25, 0.3) is 0 Å². The zero-order valence-electron chi connectivity index (χ0n) is 16.0. The number of nitrogens with one attached hydrogen (secondary N) is 1. The molecule has 4 rings (SSSR count). The van der Waals surface area contributed by atoms with E-state index in [2.05, 4.69) is 90.6 Å². The van der Waals surface area contributed by atoms with Gasteiger partial charge in [-0.05, 0) is 35.5 Å². The number of allylic oxidation sites excluding steroid dienone is 3. The number of nitrogens with zero attached hydrogens (tertiary/aromatic N) is 1. The summed E-state index contributed by atoms with van der Waals surface area (Å²) in [5.74, 6) is 1.15. The first-order chi connectivity index (χ1) is 12.8. The average Bonchev–Trinajstić information content (AvgIpc) is 2.86. The number of hydrogen-bond donors (Lipinski definition) is 1. The number of thioether (sulfide) groups is 1. The zero-order valence-corrected chi connectivity index (χ0v) is 16.8. The van der Waals surface area contributed by atoms with Crippen molar-refractivity contribution in [3.63, 3.8) is 0 Å². The molecule has 1 N–H and O–H groups in total. The van der Waals surface area contributed by atoms with Gasteiger partial charge in [-0.1, -0.05) is 63.1 Å². The summed E-state index contributed by atoms with van der Waals surface area (Å²) in [5, 5.41) is 3.89. The molecule has 1 aromatic carbocycles. The molecule has 2 aliphatic heterocycles. The monoisotopic (exact) mass is 366 g/mol. The molecular weight excluding hydrogens is 336 g/mol. The standard InChI is InChI=1S/C23H30N2S/c1-3-5-14-22(4-2)23-18-25(20-11-7-6-8-12-20)15-16-26-21(23)13-9-10-19(23)17-24-22/h6-13,17,24H,3-5,14-16,18H2,1-2H3. The van der Waals surface area contributed by atoms with E-state index in [1.54, 1.807) is 4.91 Å². The van der Waals surface area contributed by atoms with Crippen LogP contribution in [0.1, 0.15) is 39.5 Å². The highest BCUT2D eigenvalue weighted by atomic mass is 32.2. The molecular formula is C23H30N2S. The maximum Gasteiger partial charge on any atom is 0.0679 e. The van der Waals surface area contributed by atoms with E-state index >= 15 is 0 Å². The van der Waals surface area contributed by atoms with Crippen LogP contribution < -0.4 is 10.2 Å². The van der Waals surface area contributed by atoms with Crippen LogP contribution in [0.4, 0.5) is 5.69 Å². The number of unbranched alkanes of at least 4 members (excludes halogenated alkanes) is 1. The Labute approximate surface area is 162 Å². The summed E-state index contributed by atoms with van der Waals surface area (Å²) in [5.41, 5.74) is 3.02. The third kappa shape index (κ3) is 2.63. The molecule has 3 heteroatoms. The lowest BCUT2D eigenvalue weighted by molar-refractivity contribution is 0.186. The van der Waals surface area contributed by atoms with E-state index in [0.717, 1.165) is 25.3 Å². The Morgan fingerprint density at radius 2 is 2.04 bits per heavy atom. The summed E-state index contributed by atoms with van der Waals surface area (Å²) in [6.07, 6.45) is 14.2. The number of anilines is 1. The third-order valence-corrected chi connectivity index (χ3v) is 7.67. The molecule has 1 saturated heterocycles. The molecule has 0 amide bonds. The van der Waals surface area contributed by atoms with Crippen molar-refractivity contribution in [1.82, 2.24) is 5.32 Å². The Hall–Kier alpha value is -1.61. The summed E-state index contributed by atoms with van der Waals surface area (Å²) in [6, 6.07) is 11.0. The largest absolute Gasteiger partial charge is 0.384 e. The maximum absolute atomic E-state index is 3.89. The second kappa shape index (κ2) is 7.19. The van der Waals surface area contributed by atoms with Gasteiger partial charge in [0.05, 0.1) is 11.0 Å². The molecule has 0 saturated carbocycles. The number of benzene rings is 1. The molecule has 2 atom stereocenters. The van der Waals surface area contributed by atoms with E-state index in [-0.39, 0.29) is 11.0 Å². The first kappa shape index (κ1) is 17.8. The molecule has 0 radical (unpaired) electrons.